The third-order valence-electron chi connectivity index (χ3n) is 2.77. The maximum absolute atomic E-state index is 12.3. The van der Waals surface area contributed by atoms with E-state index in [1.807, 2.05) is 19.9 Å². The van der Waals surface area contributed by atoms with Gasteiger partial charge in [-0.3, -0.25) is 0 Å². The van der Waals surface area contributed by atoms with Gasteiger partial charge in [-0.1, -0.05) is 26.0 Å². The van der Waals surface area contributed by atoms with E-state index < -0.39 is 11.9 Å². The Balaban J connectivity index is 2.78. The summed E-state index contributed by atoms with van der Waals surface area (Å²) in [5, 5.41) is 3.27. The lowest BCUT2D eigenvalue weighted by atomic mass is 10.1. The number of anilines is 1. The van der Waals surface area contributed by atoms with Crippen LogP contribution in [0.1, 0.15) is 13.8 Å². The van der Waals surface area contributed by atoms with E-state index in [0.717, 1.165) is 17.4 Å². The second kappa shape index (κ2) is 7.78. The maximum Gasteiger partial charge on any atom is 0.398 e. The number of hydrogen-bond acceptors (Lipinski definition) is 3. The molecule has 0 heterocycles. The minimum Gasteiger partial charge on any atom is -0.383 e. The van der Waals surface area contributed by atoms with Gasteiger partial charge in [0.15, 0.2) is 0 Å². The summed E-state index contributed by atoms with van der Waals surface area (Å²) in [4.78, 5) is 0.603. The van der Waals surface area contributed by atoms with Crippen LogP contribution in [-0.4, -0.2) is 31.7 Å². The molecule has 20 heavy (non-hydrogen) atoms. The summed E-state index contributed by atoms with van der Waals surface area (Å²) < 4.78 is 42.1. The van der Waals surface area contributed by atoms with Crippen LogP contribution in [-0.2, 0) is 4.74 Å². The summed E-state index contributed by atoms with van der Waals surface area (Å²) in [5.74, 6) is -0.571. The second-order valence-corrected chi connectivity index (χ2v) is 5.87. The number of benzene rings is 1. The minimum absolute atomic E-state index is 0.0626. The molecule has 0 bridgehead atoms. The average molecular weight is 307 g/mol. The number of ether oxygens (including phenoxy) is 1. The highest BCUT2D eigenvalue weighted by molar-refractivity contribution is 7.99. The zero-order valence-corrected chi connectivity index (χ0v) is 12.6. The Morgan fingerprint density at radius 3 is 2.45 bits per heavy atom. The number of thioether (sulfide) groups is 1. The molecule has 1 atom stereocenters. The summed E-state index contributed by atoms with van der Waals surface area (Å²) in [6.07, 6.45) is -4.16. The third kappa shape index (κ3) is 6.05. The van der Waals surface area contributed by atoms with Gasteiger partial charge in [-0.25, -0.2) is 0 Å². The molecule has 2 nitrogen and oxygen atoms in total. The molecule has 0 amide bonds. The Morgan fingerprint density at radius 2 is 1.90 bits per heavy atom. The van der Waals surface area contributed by atoms with Gasteiger partial charge in [0.25, 0.3) is 0 Å². The van der Waals surface area contributed by atoms with Gasteiger partial charge >= 0.3 is 6.18 Å². The SMILES string of the molecule is COCC(Nc1ccccc1SCC(F)(F)F)C(C)C. The van der Waals surface area contributed by atoms with E-state index in [0.29, 0.717) is 17.4 Å². The van der Waals surface area contributed by atoms with Gasteiger partial charge in [0.2, 0.25) is 0 Å². The molecule has 0 aliphatic heterocycles. The van der Waals surface area contributed by atoms with Gasteiger partial charge in [-0.15, -0.1) is 11.8 Å². The Labute approximate surface area is 122 Å². The number of nitrogens with one attached hydrogen (secondary N) is 1. The fraction of sp³-hybridized carbons (Fsp3) is 0.571. The van der Waals surface area contributed by atoms with Crippen molar-refractivity contribution in [3.63, 3.8) is 0 Å². The molecular weight excluding hydrogens is 287 g/mol. The van der Waals surface area contributed by atoms with Crippen LogP contribution >= 0.6 is 11.8 Å². The molecule has 6 heteroatoms. The molecule has 0 aliphatic carbocycles. The van der Waals surface area contributed by atoms with Crippen molar-refractivity contribution in [2.45, 2.75) is 31.0 Å². The number of alkyl halides is 3. The number of rotatable bonds is 7. The van der Waals surface area contributed by atoms with Gasteiger partial charge in [-0.2, -0.15) is 13.2 Å². The molecule has 0 saturated heterocycles. The Bertz CT molecular complexity index is 410. The molecule has 1 N–H and O–H groups in total. The summed E-state index contributed by atoms with van der Waals surface area (Å²) >= 11 is 0.797. The Hall–Kier alpha value is -0.880. The van der Waals surface area contributed by atoms with E-state index in [2.05, 4.69) is 5.32 Å². The van der Waals surface area contributed by atoms with Gasteiger partial charge in [0.1, 0.15) is 0 Å². The fourth-order valence-corrected chi connectivity index (χ4v) is 2.43. The number of halogens is 3. The van der Waals surface area contributed by atoms with Crippen molar-refractivity contribution in [2.24, 2.45) is 5.92 Å². The normalized spacial score (nSPS) is 13.6. The fourth-order valence-electron chi connectivity index (χ4n) is 1.65. The molecule has 0 aromatic heterocycles. The van der Waals surface area contributed by atoms with Crippen molar-refractivity contribution in [2.75, 3.05) is 24.8 Å². The summed E-state index contributed by atoms with van der Waals surface area (Å²) in [6.45, 7) is 4.60. The summed E-state index contributed by atoms with van der Waals surface area (Å²) in [6, 6.07) is 7.11. The first-order chi connectivity index (χ1) is 9.33. The van der Waals surface area contributed by atoms with Crippen LogP contribution in [0.15, 0.2) is 29.2 Å². The van der Waals surface area contributed by atoms with Crippen molar-refractivity contribution in [1.82, 2.24) is 0 Å². The lowest BCUT2D eigenvalue weighted by Gasteiger charge is -2.24. The van der Waals surface area contributed by atoms with E-state index in [1.165, 1.54) is 0 Å². The van der Waals surface area contributed by atoms with Crippen molar-refractivity contribution in [3.8, 4) is 0 Å². The first-order valence-corrected chi connectivity index (χ1v) is 7.36. The topological polar surface area (TPSA) is 21.3 Å². The van der Waals surface area contributed by atoms with Gasteiger partial charge < -0.3 is 10.1 Å². The minimum atomic E-state index is -4.16. The van der Waals surface area contributed by atoms with Crippen LogP contribution in [0.25, 0.3) is 0 Å². The Morgan fingerprint density at radius 1 is 1.25 bits per heavy atom. The van der Waals surface area contributed by atoms with Crippen LogP contribution in [0.5, 0.6) is 0 Å². The van der Waals surface area contributed by atoms with Crippen LogP contribution in [0.3, 0.4) is 0 Å². The van der Waals surface area contributed by atoms with Gasteiger partial charge in [-0.05, 0) is 18.1 Å². The van der Waals surface area contributed by atoms with Crippen LogP contribution in [0.2, 0.25) is 0 Å². The summed E-state index contributed by atoms with van der Waals surface area (Å²) in [5.41, 5.74) is 0.720. The molecule has 0 radical (unpaired) electrons. The average Bonchev–Trinajstić information content (AvgIpc) is 2.36. The number of para-hydroxylation sites is 1. The van der Waals surface area contributed by atoms with E-state index in [4.69, 9.17) is 4.74 Å². The van der Waals surface area contributed by atoms with Crippen LogP contribution in [0.4, 0.5) is 18.9 Å². The zero-order chi connectivity index (χ0) is 15.2. The molecule has 1 rings (SSSR count). The van der Waals surface area contributed by atoms with E-state index in [1.54, 1.807) is 25.3 Å². The van der Waals surface area contributed by atoms with E-state index in [9.17, 15) is 13.2 Å². The lowest BCUT2D eigenvalue weighted by Crippen LogP contribution is -2.30. The van der Waals surface area contributed by atoms with E-state index >= 15 is 0 Å². The molecule has 0 saturated carbocycles. The third-order valence-corrected chi connectivity index (χ3v) is 3.91. The largest absolute Gasteiger partial charge is 0.398 e. The molecular formula is C14H20F3NOS. The highest BCUT2D eigenvalue weighted by Crippen LogP contribution is 2.32. The predicted molar refractivity (Wildman–Crippen MR) is 77.3 cm³/mol. The first kappa shape index (κ1) is 17.2. The molecule has 0 aliphatic rings. The van der Waals surface area contributed by atoms with Gasteiger partial charge in [0, 0.05) is 17.7 Å². The molecule has 0 fully saturated rings. The van der Waals surface area contributed by atoms with Crippen molar-refractivity contribution < 1.29 is 17.9 Å². The van der Waals surface area contributed by atoms with E-state index in [-0.39, 0.29) is 6.04 Å². The van der Waals surface area contributed by atoms with Crippen LogP contribution in [0, 0.1) is 5.92 Å². The Kier molecular flexibility index (Phi) is 6.68. The van der Waals surface area contributed by atoms with Crippen LogP contribution < -0.4 is 5.32 Å². The van der Waals surface area contributed by atoms with Crippen molar-refractivity contribution in [1.29, 1.82) is 0 Å². The summed E-state index contributed by atoms with van der Waals surface area (Å²) in [7, 11) is 1.61. The molecule has 114 valence electrons. The standard InChI is InChI=1S/C14H20F3NOS/c1-10(2)12(8-19-3)18-11-6-4-5-7-13(11)20-9-14(15,16)17/h4-7,10,12,18H,8-9H2,1-3H3. The molecule has 1 aromatic rings. The second-order valence-electron chi connectivity index (χ2n) is 4.85. The van der Waals surface area contributed by atoms with Crippen molar-refractivity contribution in [3.05, 3.63) is 24.3 Å². The highest BCUT2D eigenvalue weighted by atomic mass is 32.2. The zero-order valence-electron chi connectivity index (χ0n) is 11.8. The smallest absolute Gasteiger partial charge is 0.383 e. The molecule has 1 aromatic carbocycles. The maximum atomic E-state index is 12.3. The molecule has 1 unspecified atom stereocenters. The predicted octanol–water partition coefficient (Wildman–Crippen LogP) is 4.42. The quantitative estimate of drug-likeness (QED) is 0.753. The number of methoxy groups -OCH3 is 1. The van der Waals surface area contributed by atoms with Crippen molar-refractivity contribution >= 4 is 17.4 Å². The highest BCUT2D eigenvalue weighted by Gasteiger charge is 2.27. The van der Waals surface area contributed by atoms with Gasteiger partial charge in [0.05, 0.1) is 18.4 Å². The monoisotopic (exact) mass is 307 g/mol. The number of hydrogen-bond donors (Lipinski definition) is 1. The molecule has 0 spiro atoms. The first-order valence-electron chi connectivity index (χ1n) is 6.37. The lowest BCUT2D eigenvalue weighted by molar-refractivity contribution is -0.105.